The van der Waals surface area contributed by atoms with Gasteiger partial charge in [0, 0.05) is 0 Å². The van der Waals surface area contributed by atoms with E-state index in [1.807, 2.05) is 0 Å². The average molecular weight is 403 g/mol. The second-order valence-electron chi connectivity index (χ2n) is 4.70. The quantitative estimate of drug-likeness (QED) is 0.790. The molecule has 0 aromatic heterocycles. The van der Waals surface area contributed by atoms with Crippen molar-refractivity contribution < 1.29 is 22.7 Å². The summed E-state index contributed by atoms with van der Waals surface area (Å²) < 4.78 is 30.8. The summed E-state index contributed by atoms with van der Waals surface area (Å²) in [6.45, 7) is 0. The lowest BCUT2D eigenvalue weighted by atomic mass is 10.2. The topological polar surface area (TPSA) is 107 Å². The monoisotopic (exact) mass is 402 g/mol. The highest BCUT2D eigenvalue weighted by Gasteiger charge is 2.32. The van der Waals surface area contributed by atoms with Gasteiger partial charge in [-0.3, -0.25) is 0 Å². The van der Waals surface area contributed by atoms with E-state index >= 15 is 0 Å². The van der Waals surface area contributed by atoms with Gasteiger partial charge in [-0.2, -0.15) is 4.31 Å². The Morgan fingerprint density at radius 1 is 1.08 bits per heavy atom. The number of anilines is 1. The van der Waals surface area contributed by atoms with E-state index in [2.05, 4.69) is 4.74 Å². The van der Waals surface area contributed by atoms with Crippen LogP contribution in [0.5, 0.6) is 0 Å². The van der Waals surface area contributed by atoms with Gasteiger partial charge in [0.2, 0.25) is 0 Å². The van der Waals surface area contributed by atoms with E-state index in [1.165, 1.54) is 24.3 Å². The Morgan fingerprint density at radius 2 is 1.68 bits per heavy atom. The number of methoxy groups -OCH3 is 1. The summed E-state index contributed by atoms with van der Waals surface area (Å²) in [5.41, 5.74) is 5.04. The maximum absolute atomic E-state index is 12.9. The normalized spacial score (nSPS) is 11.0. The molecule has 0 radical (unpaired) electrons. The first-order valence-electron chi connectivity index (χ1n) is 6.67. The number of sulfonamides is 1. The molecule has 2 aromatic carbocycles. The molecule has 0 saturated carbocycles. The summed E-state index contributed by atoms with van der Waals surface area (Å²) in [6.07, 6.45) is 0. The second kappa shape index (κ2) is 7.30. The molecule has 0 atom stereocenters. The number of ether oxygens (including phenoxy) is 1. The number of hydrogen-bond donors (Lipinski definition) is 1. The number of benzene rings is 2. The van der Waals surface area contributed by atoms with Crippen molar-refractivity contribution in [3.63, 3.8) is 0 Å². The Labute approximate surface area is 153 Å². The summed E-state index contributed by atoms with van der Waals surface area (Å²) in [7, 11) is -3.39. The van der Waals surface area contributed by atoms with Crippen LogP contribution < -0.4 is 10.0 Å². The number of hydrogen-bond acceptors (Lipinski definition) is 5. The van der Waals surface area contributed by atoms with Crippen LogP contribution in [0, 0.1) is 0 Å². The highest BCUT2D eigenvalue weighted by atomic mass is 35.5. The molecule has 0 aliphatic carbocycles. The number of rotatable bonds is 4. The van der Waals surface area contributed by atoms with Gasteiger partial charge < -0.3 is 10.5 Å². The summed E-state index contributed by atoms with van der Waals surface area (Å²) in [6, 6.07) is 8.24. The molecular formula is C15H12Cl2N2O5S. The van der Waals surface area contributed by atoms with Crippen molar-refractivity contribution in [3.8, 4) is 0 Å². The molecule has 0 unspecified atom stereocenters. The summed E-state index contributed by atoms with van der Waals surface area (Å²) in [5, 5.41) is -0.374. The van der Waals surface area contributed by atoms with E-state index in [1.54, 1.807) is 6.07 Å². The third-order valence-electron chi connectivity index (χ3n) is 3.14. The molecule has 0 spiro atoms. The number of carbonyl (C=O) groups excluding carboxylic acids is 2. The van der Waals surface area contributed by atoms with Gasteiger partial charge in [-0.25, -0.2) is 18.0 Å². The van der Waals surface area contributed by atoms with Crippen molar-refractivity contribution in [2.45, 2.75) is 4.90 Å². The molecule has 2 N–H and O–H groups in total. The van der Waals surface area contributed by atoms with Gasteiger partial charge in [-0.1, -0.05) is 41.4 Å². The first-order chi connectivity index (χ1) is 11.7. The standard InChI is InChI=1S/C15H12Cl2N2O5S/c1-24-14(20)10-7-13(12(17)8-11(10)16)25(22,23)19(15(18)21)9-5-3-2-4-6-9/h2-8H,1H3,(H2,18,21). The van der Waals surface area contributed by atoms with Crippen molar-refractivity contribution in [1.29, 1.82) is 0 Å². The Hall–Kier alpha value is -2.29. The van der Waals surface area contributed by atoms with Crippen LogP contribution in [-0.2, 0) is 14.8 Å². The summed E-state index contributed by atoms with van der Waals surface area (Å²) >= 11 is 11.9. The predicted molar refractivity (Wildman–Crippen MR) is 93.5 cm³/mol. The van der Waals surface area contributed by atoms with Crippen LogP contribution in [0.1, 0.15) is 10.4 Å². The fraction of sp³-hybridized carbons (Fsp3) is 0.0667. The summed E-state index contributed by atoms with van der Waals surface area (Å²) in [4.78, 5) is 23.0. The van der Waals surface area contributed by atoms with Gasteiger partial charge in [0.05, 0.1) is 28.4 Å². The van der Waals surface area contributed by atoms with E-state index in [-0.39, 0.29) is 21.3 Å². The first kappa shape index (κ1) is 19.0. The molecule has 0 aliphatic rings. The molecule has 2 rings (SSSR count). The van der Waals surface area contributed by atoms with Gasteiger partial charge in [0.1, 0.15) is 4.90 Å². The number of esters is 1. The van der Waals surface area contributed by atoms with Gasteiger partial charge in [-0.05, 0) is 24.3 Å². The summed E-state index contributed by atoms with van der Waals surface area (Å²) in [5.74, 6) is -0.858. The molecule has 0 fully saturated rings. The van der Waals surface area contributed by atoms with E-state index < -0.39 is 26.9 Å². The van der Waals surface area contributed by atoms with Crippen molar-refractivity contribution in [2.24, 2.45) is 5.73 Å². The van der Waals surface area contributed by atoms with Crippen molar-refractivity contribution in [1.82, 2.24) is 0 Å². The SMILES string of the molecule is COC(=O)c1cc(S(=O)(=O)N(C(N)=O)c2ccccc2)c(Cl)cc1Cl. The number of amides is 2. The molecular weight excluding hydrogens is 391 g/mol. The van der Waals surface area contributed by atoms with E-state index in [4.69, 9.17) is 28.9 Å². The highest BCUT2D eigenvalue weighted by Crippen LogP contribution is 2.32. The fourth-order valence-electron chi connectivity index (χ4n) is 2.04. The fourth-order valence-corrected chi connectivity index (χ4v) is 4.20. The van der Waals surface area contributed by atoms with Gasteiger partial charge in [0.25, 0.3) is 10.0 Å². The zero-order valence-corrected chi connectivity index (χ0v) is 15.1. The molecule has 10 heteroatoms. The van der Waals surface area contributed by atoms with Gasteiger partial charge in [-0.15, -0.1) is 0 Å². The Bertz CT molecular complexity index is 932. The predicted octanol–water partition coefficient (Wildman–Crippen LogP) is 3.05. The third-order valence-corrected chi connectivity index (χ3v) is 5.64. The Kier molecular flexibility index (Phi) is 5.56. The molecule has 25 heavy (non-hydrogen) atoms. The molecule has 0 bridgehead atoms. The number of urea groups is 1. The number of nitrogens with zero attached hydrogens (tertiary/aromatic N) is 1. The van der Waals surface area contributed by atoms with Crippen LogP contribution in [0.25, 0.3) is 0 Å². The minimum absolute atomic E-state index is 0.0145. The van der Waals surface area contributed by atoms with Crippen molar-refractivity contribution in [3.05, 3.63) is 58.1 Å². The molecule has 132 valence electrons. The minimum atomic E-state index is -4.50. The number of para-hydroxylation sites is 1. The van der Waals surface area contributed by atoms with E-state index in [0.29, 0.717) is 4.31 Å². The van der Waals surface area contributed by atoms with E-state index in [9.17, 15) is 18.0 Å². The molecule has 2 amide bonds. The van der Waals surface area contributed by atoms with Crippen LogP contribution in [0.2, 0.25) is 10.0 Å². The number of carbonyl (C=O) groups is 2. The first-order valence-corrected chi connectivity index (χ1v) is 8.87. The van der Waals surface area contributed by atoms with Crippen molar-refractivity contribution in [2.75, 3.05) is 11.4 Å². The average Bonchev–Trinajstić information content (AvgIpc) is 2.54. The number of primary amides is 1. The van der Waals surface area contributed by atoms with Crippen LogP contribution in [-0.4, -0.2) is 27.5 Å². The van der Waals surface area contributed by atoms with Gasteiger partial charge >= 0.3 is 12.0 Å². The molecule has 0 saturated heterocycles. The van der Waals surface area contributed by atoms with Crippen molar-refractivity contribution >= 4 is 50.9 Å². The largest absolute Gasteiger partial charge is 0.465 e. The maximum Gasteiger partial charge on any atom is 0.339 e. The third kappa shape index (κ3) is 3.71. The smallest absolute Gasteiger partial charge is 0.339 e. The lowest BCUT2D eigenvalue weighted by Gasteiger charge is -2.21. The highest BCUT2D eigenvalue weighted by molar-refractivity contribution is 7.93. The maximum atomic E-state index is 12.9. The number of halogens is 2. The molecule has 2 aromatic rings. The van der Waals surface area contributed by atoms with Gasteiger partial charge in [0.15, 0.2) is 0 Å². The lowest BCUT2D eigenvalue weighted by molar-refractivity contribution is 0.0600. The lowest BCUT2D eigenvalue weighted by Crippen LogP contribution is -2.41. The molecule has 0 heterocycles. The zero-order chi connectivity index (χ0) is 18.8. The van der Waals surface area contributed by atoms with Crippen LogP contribution in [0.15, 0.2) is 47.4 Å². The van der Waals surface area contributed by atoms with Crippen LogP contribution in [0.3, 0.4) is 0 Å². The van der Waals surface area contributed by atoms with Crippen LogP contribution in [0.4, 0.5) is 10.5 Å². The minimum Gasteiger partial charge on any atom is -0.465 e. The molecule has 7 nitrogen and oxygen atoms in total. The molecule has 0 aliphatic heterocycles. The Morgan fingerprint density at radius 3 is 2.20 bits per heavy atom. The second-order valence-corrected chi connectivity index (χ2v) is 7.27. The Balaban J connectivity index is 2.70. The number of nitrogens with two attached hydrogens (primary N) is 1. The van der Waals surface area contributed by atoms with Crippen LogP contribution >= 0.6 is 23.2 Å². The zero-order valence-electron chi connectivity index (χ0n) is 12.8. The van der Waals surface area contributed by atoms with E-state index in [0.717, 1.165) is 19.2 Å².